The van der Waals surface area contributed by atoms with E-state index in [0.29, 0.717) is 17.2 Å². The molecule has 6 nitrogen and oxygen atoms in total. The number of aromatic amines is 1. The Balaban J connectivity index is 1.32. The second-order valence-electron chi connectivity index (χ2n) is 6.69. The molecule has 1 atom stereocenters. The van der Waals surface area contributed by atoms with Gasteiger partial charge in [-0.15, -0.1) is 11.3 Å². The monoisotopic (exact) mass is 331 g/mol. The van der Waals surface area contributed by atoms with Gasteiger partial charge in [-0.3, -0.25) is 14.8 Å². The highest BCUT2D eigenvalue weighted by Crippen LogP contribution is 2.56. The van der Waals surface area contributed by atoms with Crippen LogP contribution < -0.4 is 0 Å². The van der Waals surface area contributed by atoms with Gasteiger partial charge in [0.2, 0.25) is 0 Å². The van der Waals surface area contributed by atoms with Crippen LogP contribution >= 0.6 is 11.3 Å². The second kappa shape index (κ2) is 5.72. The summed E-state index contributed by atoms with van der Waals surface area (Å²) in [5.41, 5.74) is 1.01. The predicted molar refractivity (Wildman–Crippen MR) is 88.1 cm³/mol. The van der Waals surface area contributed by atoms with Crippen LogP contribution in [0.25, 0.3) is 0 Å². The maximum atomic E-state index is 12.4. The fourth-order valence-corrected chi connectivity index (χ4v) is 4.52. The summed E-state index contributed by atoms with van der Waals surface area (Å²) in [7, 11) is 2.20. The van der Waals surface area contributed by atoms with Crippen molar-refractivity contribution in [3.05, 3.63) is 34.5 Å². The predicted octanol–water partition coefficient (Wildman–Crippen LogP) is 1.99. The van der Waals surface area contributed by atoms with E-state index in [1.807, 2.05) is 16.5 Å². The summed E-state index contributed by atoms with van der Waals surface area (Å²) >= 11 is 1.72. The minimum Gasteiger partial charge on any atom is -0.337 e. The summed E-state index contributed by atoms with van der Waals surface area (Å²) < 4.78 is 0. The topological polar surface area (TPSA) is 65.1 Å². The summed E-state index contributed by atoms with van der Waals surface area (Å²) in [5.74, 6) is 0.0747. The summed E-state index contributed by atoms with van der Waals surface area (Å²) in [6, 6.07) is 2.38. The van der Waals surface area contributed by atoms with Crippen LogP contribution in [0, 0.1) is 5.41 Å². The first-order chi connectivity index (χ1) is 11.2. The number of thiazole rings is 1. The van der Waals surface area contributed by atoms with Crippen molar-refractivity contribution in [3.8, 4) is 0 Å². The molecule has 122 valence electrons. The van der Waals surface area contributed by atoms with Gasteiger partial charge in [0, 0.05) is 36.9 Å². The SMILES string of the molecule is CN(Cc1nccs1)[C@H]1CC12CCN(C(=O)c1ccn[nH]1)CC2. The van der Waals surface area contributed by atoms with Crippen LogP contribution in [0.15, 0.2) is 23.8 Å². The summed E-state index contributed by atoms with van der Waals surface area (Å²) in [6.45, 7) is 2.62. The number of carbonyl (C=O) groups is 1. The fraction of sp³-hybridized carbons (Fsp3) is 0.562. The number of nitrogens with one attached hydrogen (secondary N) is 1. The van der Waals surface area contributed by atoms with Crippen molar-refractivity contribution in [1.29, 1.82) is 0 Å². The molecule has 1 aliphatic heterocycles. The van der Waals surface area contributed by atoms with E-state index in [1.165, 1.54) is 11.4 Å². The molecule has 1 spiro atoms. The molecule has 0 radical (unpaired) electrons. The molecular formula is C16H21N5OS. The number of nitrogens with zero attached hydrogens (tertiary/aromatic N) is 4. The minimum absolute atomic E-state index is 0.0747. The van der Waals surface area contributed by atoms with Crippen molar-refractivity contribution in [1.82, 2.24) is 25.0 Å². The molecule has 2 aromatic rings. The van der Waals surface area contributed by atoms with Gasteiger partial charge in [-0.2, -0.15) is 5.10 Å². The van der Waals surface area contributed by atoms with Crippen LogP contribution in [0.1, 0.15) is 34.8 Å². The minimum atomic E-state index is 0.0747. The van der Waals surface area contributed by atoms with E-state index in [4.69, 9.17) is 0 Å². The first kappa shape index (κ1) is 14.8. The third-order valence-electron chi connectivity index (χ3n) is 5.32. The standard InChI is InChI=1S/C16H21N5OS/c1-20(11-14-17-6-9-23-14)13-10-16(13)3-7-21(8-4-16)15(22)12-2-5-18-19-12/h2,5-6,9,13H,3-4,7-8,10-11H2,1H3,(H,18,19)/t13-/m0/s1. The molecule has 7 heteroatoms. The molecule has 0 unspecified atom stereocenters. The lowest BCUT2D eigenvalue weighted by Crippen LogP contribution is -2.41. The first-order valence-corrected chi connectivity index (χ1v) is 8.93. The first-order valence-electron chi connectivity index (χ1n) is 8.05. The van der Waals surface area contributed by atoms with Crippen LogP contribution in [-0.2, 0) is 6.54 Å². The third kappa shape index (κ3) is 2.79. The Kier molecular flexibility index (Phi) is 3.69. The lowest BCUT2D eigenvalue weighted by atomic mass is 9.92. The van der Waals surface area contributed by atoms with E-state index in [1.54, 1.807) is 23.6 Å². The Morgan fingerprint density at radius 1 is 1.48 bits per heavy atom. The maximum Gasteiger partial charge on any atom is 0.271 e. The summed E-state index contributed by atoms with van der Waals surface area (Å²) in [4.78, 5) is 21.1. The molecule has 1 saturated carbocycles. The third-order valence-corrected chi connectivity index (χ3v) is 6.09. The Morgan fingerprint density at radius 2 is 2.30 bits per heavy atom. The number of amides is 1. The van der Waals surface area contributed by atoms with E-state index in [-0.39, 0.29) is 5.91 Å². The smallest absolute Gasteiger partial charge is 0.271 e. The number of hydrogen-bond acceptors (Lipinski definition) is 5. The van der Waals surface area contributed by atoms with Crippen molar-refractivity contribution in [3.63, 3.8) is 0 Å². The molecule has 0 bridgehead atoms. The van der Waals surface area contributed by atoms with Gasteiger partial charge in [0.25, 0.3) is 5.91 Å². The zero-order valence-electron chi connectivity index (χ0n) is 13.2. The van der Waals surface area contributed by atoms with E-state index in [2.05, 4.69) is 27.1 Å². The van der Waals surface area contributed by atoms with Crippen LogP contribution in [0.3, 0.4) is 0 Å². The number of H-pyrrole nitrogens is 1. The number of piperidine rings is 1. The molecule has 1 saturated heterocycles. The Bertz CT molecular complexity index is 661. The Morgan fingerprint density at radius 3 is 2.96 bits per heavy atom. The van der Waals surface area contributed by atoms with E-state index in [0.717, 1.165) is 32.5 Å². The van der Waals surface area contributed by atoms with Crippen molar-refractivity contribution in [2.45, 2.75) is 31.8 Å². The molecule has 1 N–H and O–H groups in total. The van der Waals surface area contributed by atoms with Crippen LogP contribution in [0.2, 0.25) is 0 Å². The van der Waals surface area contributed by atoms with Gasteiger partial charge in [-0.05, 0) is 37.8 Å². The van der Waals surface area contributed by atoms with Crippen molar-refractivity contribution < 1.29 is 4.79 Å². The van der Waals surface area contributed by atoms with Gasteiger partial charge in [0.1, 0.15) is 10.7 Å². The maximum absolute atomic E-state index is 12.4. The normalized spacial score (nSPS) is 22.7. The van der Waals surface area contributed by atoms with Gasteiger partial charge in [-0.25, -0.2) is 4.98 Å². The number of hydrogen-bond donors (Lipinski definition) is 1. The average Bonchev–Trinajstić information content (AvgIpc) is 2.99. The highest BCUT2D eigenvalue weighted by atomic mass is 32.1. The molecule has 2 fully saturated rings. The van der Waals surface area contributed by atoms with Crippen LogP contribution in [0.4, 0.5) is 0 Å². The van der Waals surface area contributed by atoms with Gasteiger partial charge < -0.3 is 4.90 Å². The molecule has 2 aromatic heterocycles. The van der Waals surface area contributed by atoms with Crippen LogP contribution in [-0.4, -0.2) is 57.1 Å². The number of carbonyl (C=O) groups excluding carboxylic acids is 1. The average molecular weight is 331 g/mol. The molecular weight excluding hydrogens is 310 g/mol. The van der Waals surface area contributed by atoms with Crippen molar-refractivity contribution in [2.75, 3.05) is 20.1 Å². The van der Waals surface area contributed by atoms with E-state index in [9.17, 15) is 4.79 Å². The van der Waals surface area contributed by atoms with Crippen molar-refractivity contribution >= 4 is 17.2 Å². The quantitative estimate of drug-likeness (QED) is 0.930. The molecule has 1 amide bonds. The van der Waals surface area contributed by atoms with Crippen LogP contribution in [0.5, 0.6) is 0 Å². The lowest BCUT2D eigenvalue weighted by molar-refractivity contribution is 0.0652. The zero-order chi connectivity index (χ0) is 15.9. The number of rotatable bonds is 4. The van der Waals surface area contributed by atoms with Crippen molar-refractivity contribution in [2.24, 2.45) is 5.41 Å². The molecule has 0 aromatic carbocycles. The molecule has 3 heterocycles. The van der Waals surface area contributed by atoms with Gasteiger partial charge >= 0.3 is 0 Å². The lowest BCUT2D eigenvalue weighted by Gasteiger charge is -2.33. The van der Waals surface area contributed by atoms with Gasteiger partial charge in [0.05, 0.1) is 6.54 Å². The van der Waals surface area contributed by atoms with E-state index >= 15 is 0 Å². The summed E-state index contributed by atoms with van der Waals surface area (Å²) in [5, 5.41) is 9.85. The summed E-state index contributed by atoms with van der Waals surface area (Å²) in [6.07, 6.45) is 6.94. The molecule has 1 aliphatic carbocycles. The Hall–Kier alpha value is -1.73. The highest BCUT2D eigenvalue weighted by Gasteiger charge is 2.56. The molecule has 23 heavy (non-hydrogen) atoms. The van der Waals surface area contributed by atoms with E-state index < -0.39 is 0 Å². The fourth-order valence-electron chi connectivity index (χ4n) is 3.84. The number of aromatic nitrogens is 3. The van der Waals surface area contributed by atoms with Gasteiger partial charge in [-0.1, -0.05) is 0 Å². The highest BCUT2D eigenvalue weighted by molar-refractivity contribution is 7.09. The largest absolute Gasteiger partial charge is 0.337 e. The molecule has 4 rings (SSSR count). The molecule has 2 aliphatic rings. The number of likely N-dealkylation sites (tertiary alicyclic amines) is 1. The second-order valence-corrected chi connectivity index (χ2v) is 7.66. The Labute approximate surface area is 139 Å². The zero-order valence-corrected chi connectivity index (χ0v) is 14.1. The van der Waals surface area contributed by atoms with Gasteiger partial charge in [0.15, 0.2) is 0 Å².